The Morgan fingerprint density at radius 3 is 2.71 bits per heavy atom. The molecule has 0 aliphatic heterocycles. The van der Waals surface area contributed by atoms with Crippen molar-refractivity contribution in [2.75, 3.05) is 0 Å². The van der Waals surface area contributed by atoms with Gasteiger partial charge < -0.3 is 5.32 Å². The molecule has 0 fully saturated rings. The van der Waals surface area contributed by atoms with Crippen molar-refractivity contribution in [3.8, 4) is 0 Å². The summed E-state index contributed by atoms with van der Waals surface area (Å²) in [5.74, 6) is 0. The molecule has 0 amide bonds. The standard InChI is InChI=1S/C14H17N3/c1-11-5-13(7-16-6-11)8-17-10-14-9-15-4-3-12(14)2/h3-7,9,17H,8,10H2,1-2H3. The van der Waals surface area contributed by atoms with Crippen molar-refractivity contribution in [1.82, 2.24) is 15.3 Å². The van der Waals surface area contributed by atoms with E-state index >= 15 is 0 Å². The molecule has 0 aliphatic rings. The molecule has 0 atom stereocenters. The van der Waals surface area contributed by atoms with Gasteiger partial charge in [0, 0.05) is 37.9 Å². The minimum atomic E-state index is 0.836. The van der Waals surface area contributed by atoms with Crippen LogP contribution in [0.4, 0.5) is 0 Å². The van der Waals surface area contributed by atoms with Crippen LogP contribution in [-0.4, -0.2) is 9.97 Å². The lowest BCUT2D eigenvalue weighted by atomic mass is 10.1. The molecular formula is C14H17N3. The second kappa shape index (κ2) is 5.55. The second-order valence-corrected chi connectivity index (χ2v) is 4.28. The Labute approximate surface area is 102 Å². The molecule has 0 radical (unpaired) electrons. The van der Waals surface area contributed by atoms with Crippen molar-refractivity contribution in [1.29, 1.82) is 0 Å². The van der Waals surface area contributed by atoms with E-state index in [1.54, 1.807) is 0 Å². The maximum Gasteiger partial charge on any atom is 0.0315 e. The Hall–Kier alpha value is -1.74. The number of nitrogens with zero attached hydrogens (tertiary/aromatic N) is 2. The lowest BCUT2D eigenvalue weighted by molar-refractivity contribution is 0.686. The summed E-state index contributed by atoms with van der Waals surface area (Å²) in [5.41, 5.74) is 4.93. The van der Waals surface area contributed by atoms with Crippen LogP contribution in [0.15, 0.2) is 36.9 Å². The van der Waals surface area contributed by atoms with Gasteiger partial charge in [-0.2, -0.15) is 0 Å². The van der Waals surface area contributed by atoms with Crippen LogP contribution in [0, 0.1) is 13.8 Å². The Kier molecular flexibility index (Phi) is 3.83. The average molecular weight is 227 g/mol. The first kappa shape index (κ1) is 11.7. The molecule has 0 spiro atoms. The molecule has 0 saturated heterocycles. The van der Waals surface area contributed by atoms with E-state index in [-0.39, 0.29) is 0 Å². The zero-order valence-electron chi connectivity index (χ0n) is 10.3. The third-order valence-corrected chi connectivity index (χ3v) is 2.72. The second-order valence-electron chi connectivity index (χ2n) is 4.28. The molecule has 0 aromatic carbocycles. The van der Waals surface area contributed by atoms with Crippen LogP contribution in [0.2, 0.25) is 0 Å². The molecular weight excluding hydrogens is 210 g/mol. The smallest absolute Gasteiger partial charge is 0.0315 e. The largest absolute Gasteiger partial charge is 0.308 e. The van der Waals surface area contributed by atoms with Gasteiger partial charge in [0.25, 0.3) is 0 Å². The molecule has 0 saturated carbocycles. The van der Waals surface area contributed by atoms with Crippen molar-refractivity contribution >= 4 is 0 Å². The third-order valence-electron chi connectivity index (χ3n) is 2.72. The first-order chi connectivity index (χ1) is 8.25. The van der Waals surface area contributed by atoms with E-state index in [9.17, 15) is 0 Å². The molecule has 2 rings (SSSR count). The van der Waals surface area contributed by atoms with Crippen LogP contribution in [-0.2, 0) is 13.1 Å². The maximum atomic E-state index is 4.18. The van der Waals surface area contributed by atoms with Gasteiger partial charge in [-0.15, -0.1) is 0 Å². The summed E-state index contributed by atoms with van der Waals surface area (Å²) in [6.45, 7) is 5.84. The summed E-state index contributed by atoms with van der Waals surface area (Å²) in [4.78, 5) is 8.31. The van der Waals surface area contributed by atoms with Crippen LogP contribution >= 0.6 is 0 Å². The lowest BCUT2D eigenvalue weighted by Crippen LogP contribution is -2.13. The Bertz CT molecular complexity index is 494. The van der Waals surface area contributed by atoms with Gasteiger partial charge in [-0.05, 0) is 42.2 Å². The summed E-state index contributed by atoms with van der Waals surface area (Å²) in [5, 5.41) is 3.41. The van der Waals surface area contributed by atoms with Crippen LogP contribution in [0.5, 0.6) is 0 Å². The topological polar surface area (TPSA) is 37.8 Å². The summed E-state index contributed by atoms with van der Waals surface area (Å²) < 4.78 is 0. The zero-order valence-corrected chi connectivity index (χ0v) is 10.3. The first-order valence-corrected chi connectivity index (χ1v) is 5.76. The zero-order chi connectivity index (χ0) is 12.1. The van der Waals surface area contributed by atoms with Gasteiger partial charge >= 0.3 is 0 Å². The Morgan fingerprint density at radius 2 is 1.94 bits per heavy atom. The number of pyridine rings is 2. The number of aromatic nitrogens is 2. The van der Waals surface area contributed by atoms with Gasteiger partial charge in [-0.3, -0.25) is 9.97 Å². The van der Waals surface area contributed by atoms with Gasteiger partial charge in [0.2, 0.25) is 0 Å². The fourth-order valence-corrected chi connectivity index (χ4v) is 1.74. The highest BCUT2D eigenvalue weighted by molar-refractivity contribution is 5.21. The van der Waals surface area contributed by atoms with E-state index in [0.29, 0.717) is 0 Å². The quantitative estimate of drug-likeness (QED) is 0.871. The van der Waals surface area contributed by atoms with Crippen LogP contribution in [0.1, 0.15) is 22.3 Å². The molecule has 1 N–H and O–H groups in total. The van der Waals surface area contributed by atoms with E-state index in [1.807, 2.05) is 30.9 Å². The van der Waals surface area contributed by atoms with Gasteiger partial charge in [-0.25, -0.2) is 0 Å². The van der Waals surface area contributed by atoms with Crippen LogP contribution in [0.25, 0.3) is 0 Å². The average Bonchev–Trinajstić information content (AvgIpc) is 2.32. The van der Waals surface area contributed by atoms with Crippen molar-refractivity contribution in [2.45, 2.75) is 26.9 Å². The molecule has 2 aromatic heterocycles. The van der Waals surface area contributed by atoms with Crippen molar-refractivity contribution < 1.29 is 0 Å². The van der Waals surface area contributed by atoms with E-state index < -0.39 is 0 Å². The predicted octanol–water partition coefficient (Wildman–Crippen LogP) is 2.38. The highest BCUT2D eigenvalue weighted by atomic mass is 14.9. The van der Waals surface area contributed by atoms with E-state index in [2.05, 4.69) is 35.2 Å². The highest BCUT2D eigenvalue weighted by Crippen LogP contribution is 2.05. The number of rotatable bonds is 4. The molecule has 3 nitrogen and oxygen atoms in total. The first-order valence-electron chi connectivity index (χ1n) is 5.76. The molecule has 2 aromatic rings. The molecule has 17 heavy (non-hydrogen) atoms. The predicted molar refractivity (Wildman–Crippen MR) is 68.5 cm³/mol. The number of hydrogen-bond donors (Lipinski definition) is 1. The molecule has 88 valence electrons. The minimum absolute atomic E-state index is 0.836. The fraction of sp³-hybridized carbons (Fsp3) is 0.286. The summed E-state index contributed by atoms with van der Waals surface area (Å²) in [6.07, 6.45) is 7.50. The van der Waals surface area contributed by atoms with Crippen molar-refractivity contribution in [2.24, 2.45) is 0 Å². The Morgan fingerprint density at radius 1 is 1.06 bits per heavy atom. The fourth-order valence-electron chi connectivity index (χ4n) is 1.74. The van der Waals surface area contributed by atoms with Gasteiger partial charge in [0.05, 0.1) is 0 Å². The summed E-state index contributed by atoms with van der Waals surface area (Å²) in [7, 11) is 0. The maximum absolute atomic E-state index is 4.18. The summed E-state index contributed by atoms with van der Waals surface area (Å²) in [6, 6.07) is 4.18. The molecule has 3 heteroatoms. The monoisotopic (exact) mass is 227 g/mol. The van der Waals surface area contributed by atoms with Crippen molar-refractivity contribution in [3.05, 3.63) is 59.2 Å². The molecule has 0 unspecified atom stereocenters. The summed E-state index contributed by atoms with van der Waals surface area (Å²) >= 11 is 0. The number of aryl methyl sites for hydroxylation is 2. The van der Waals surface area contributed by atoms with Gasteiger partial charge in [0.15, 0.2) is 0 Å². The van der Waals surface area contributed by atoms with E-state index in [1.165, 1.54) is 22.3 Å². The Balaban J connectivity index is 1.90. The highest BCUT2D eigenvalue weighted by Gasteiger charge is 1.98. The lowest BCUT2D eigenvalue weighted by Gasteiger charge is -2.07. The SMILES string of the molecule is Cc1cncc(CNCc2cnccc2C)c1. The van der Waals surface area contributed by atoms with Crippen LogP contribution < -0.4 is 5.32 Å². The molecule has 0 bridgehead atoms. The minimum Gasteiger partial charge on any atom is -0.308 e. The number of nitrogens with one attached hydrogen (secondary N) is 1. The normalized spacial score (nSPS) is 10.5. The molecule has 2 heterocycles. The van der Waals surface area contributed by atoms with Gasteiger partial charge in [0.1, 0.15) is 0 Å². The molecule has 0 aliphatic carbocycles. The van der Waals surface area contributed by atoms with E-state index in [0.717, 1.165) is 13.1 Å². The number of hydrogen-bond acceptors (Lipinski definition) is 3. The van der Waals surface area contributed by atoms with Gasteiger partial charge in [-0.1, -0.05) is 6.07 Å². The van der Waals surface area contributed by atoms with E-state index in [4.69, 9.17) is 0 Å². The van der Waals surface area contributed by atoms with Crippen LogP contribution in [0.3, 0.4) is 0 Å². The third kappa shape index (κ3) is 3.36. The van der Waals surface area contributed by atoms with Crippen molar-refractivity contribution in [3.63, 3.8) is 0 Å².